The number of amides is 1. The first kappa shape index (κ1) is 17.4. The second-order valence-corrected chi connectivity index (χ2v) is 5.63. The Morgan fingerprint density at radius 1 is 1.48 bits per heavy atom. The lowest BCUT2D eigenvalue weighted by molar-refractivity contribution is 0.00586. The maximum atomic E-state index is 12.1. The number of nitrogens with zero attached hydrogens (tertiary/aromatic N) is 2. The normalized spacial score (nSPS) is 15.3. The molecule has 0 aliphatic rings. The largest absolute Gasteiger partial charge is 0.388 e. The monoisotopic (exact) mass is 295 g/mol. The number of rotatable bonds is 7. The molecule has 0 aliphatic carbocycles. The Bertz CT molecular complexity index is 537. The summed E-state index contributed by atoms with van der Waals surface area (Å²) in [6.07, 6.45) is 1.59. The summed E-state index contributed by atoms with van der Waals surface area (Å²) >= 11 is 0. The third kappa shape index (κ3) is 4.67. The van der Waals surface area contributed by atoms with Crippen LogP contribution < -0.4 is 10.9 Å². The smallest absolute Gasteiger partial charge is 0.271 e. The molecule has 0 saturated carbocycles. The maximum absolute atomic E-state index is 12.1. The summed E-state index contributed by atoms with van der Waals surface area (Å²) in [4.78, 5) is 23.6. The van der Waals surface area contributed by atoms with E-state index in [0.717, 1.165) is 12.8 Å². The van der Waals surface area contributed by atoms with Gasteiger partial charge in [0.1, 0.15) is 5.69 Å². The number of hydrogen-bond donors (Lipinski definition) is 2. The number of hydrogen-bond acceptors (Lipinski definition) is 4. The van der Waals surface area contributed by atoms with Crippen LogP contribution in [-0.4, -0.2) is 32.9 Å². The molecule has 0 bridgehead atoms. The average Bonchev–Trinajstić information content (AvgIpc) is 2.46. The van der Waals surface area contributed by atoms with Gasteiger partial charge in [-0.1, -0.05) is 27.2 Å². The first-order valence-corrected chi connectivity index (χ1v) is 7.40. The van der Waals surface area contributed by atoms with Gasteiger partial charge in [-0.15, -0.1) is 0 Å². The molecule has 1 amide bonds. The zero-order chi connectivity index (χ0) is 16.0. The Kier molecular flexibility index (Phi) is 6.08. The van der Waals surface area contributed by atoms with Crippen LogP contribution in [-0.2, 0) is 6.54 Å². The van der Waals surface area contributed by atoms with Gasteiger partial charge in [-0.05, 0) is 25.3 Å². The Balaban J connectivity index is 2.76. The molecule has 1 aromatic rings. The molecule has 2 atom stereocenters. The van der Waals surface area contributed by atoms with E-state index in [4.69, 9.17) is 0 Å². The quantitative estimate of drug-likeness (QED) is 0.791. The number of aryl methyl sites for hydroxylation is 1. The summed E-state index contributed by atoms with van der Waals surface area (Å²) in [5.74, 6) is -0.316. The lowest BCUT2D eigenvalue weighted by Crippen LogP contribution is -2.45. The van der Waals surface area contributed by atoms with Gasteiger partial charge in [0.2, 0.25) is 0 Å². The zero-order valence-corrected chi connectivity index (χ0v) is 13.2. The number of carbonyl (C=O) groups is 1. The molecule has 6 heteroatoms. The third-order valence-corrected chi connectivity index (χ3v) is 3.82. The molecular weight excluding hydrogens is 270 g/mol. The maximum Gasteiger partial charge on any atom is 0.271 e. The van der Waals surface area contributed by atoms with Gasteiger partial charge in [0.25, 0.3) is 11.5 Å². The van der Waals surface area contributed by atoms with Crippen molar-refractivity contribution in [3.63, 3.8) is 0 Å². The minimum Gasteiger partial charge on any atom is -0.388 e. The van der Waals surface area contributed by atoms with Crippen molar-refractivity contribution >= 4 is 5.91 Å². The van der Waals surface area contributed by atoms with Crippen molar-refractivity contribution in [2.24, 2.45) is 5.92 Å². The van der Waals surface area contributed by atoms with E-state index in [1.165, 1.54) is 16.8 Å². The van der Waals surface area contributed by atoms with Crippen LogP contribution in [0, 0.1) is 5.92 Å². The van der Waals surface area contributed by atoms with Crippen LogP contribution in [0.2, 0.25) is 0 Å². The molecule has 21 heavy (non-hydrogen) atoms. The van der Waals surface area contributed by atoms with E-state index in [9.17, 15) is 14.7 Å². The van der Waals surface area contributed by atoms with Crippen molar-refractivity contribution in [2.75, 3.05) is 6.54 Å². The Morgan fingerprint density at radius 2 is 2.14 bits per heavy atom. The van der Waals surface area contributed by atoms with Gasteiger partial charge in [-0.2, -0.15) is 5.10 Å². The molecule has 0 aromatic carbocycles. The van der Waals surface area contributed by atoms with Crippen molar-refractivity contribution in [1.29, 1.82) is 0 Å². The van der Waals surface area contributed by atoms with Gasteiger partial charge in [-0.3, -0.25) is 9.59 Å². The molecule has 1 aromatic heterocycles. The van der Waals surface area contributed by atoms with Crippen LogP contribution in [0.5, 0.6) is 0 Å². The zero-order valence-electron chi connectivity index (χ0n) is 13.2. The van der Waals surface area contributed by atoms with E-state index in [1.54, 1.807) is 6.92 Å². The van der Waals surface area contributed by atoms with Gasteiger partial charge in [0, 0.05) is 19.2 Å². The second kappa shape index (κ2) is 7.36. The molecule has 0 radical (unpaired) electrons. The number of carbonyl (C=O) groups excluding carboxylic acids is 1. The fourth-order valence-electron chi connectivity index (χ4n) is 1.91. The standard InChI is InChI=1S/C15H25N3O3/c1-5-9-18-13(19)8-7-12(17-18)14(20)16-10-15(4,21)11(3)6-2/h7-8,11,21H,5-6,9-10H2,1-4H3,(H,16,20). The van der Waals surface area contributed by atoms with Crippen molar-refractivity contribution in [3.8, 4) is 0 Å². The predicted octanol–water partition coefficient (Wildman–Crippen LogP) is 1.18. The average molecular weight is 295 g/mol. The van der Waals surface area contributed by atoms with Gasteiger partial charge >= 0.3 is 0 Å². The molecule has 6 nitrogen and oxygen atoms in total. The Hall–Kier alpha value is -1.69. The molecule has 1 heterocycles. The lowest BCUT2D eigenvalue weighted by Gasteiger charge is -2.29. The Morgan fingerprint density at radius 3 is 2.71 bits per heavy atom. The van der Waals surface area contributed by atoms with Crippen LogP contribution >= 0.6 is 0 Å². The lowest BCUT2D eigenvalue weighted by atomic mass is 9.88. The fraction of sp³-hybridized carbons (Fsp3) is 0.667. The molecule has 1 rings (SSSR count). The number of aliphatic hydroxyl groups is 1. The van der Waals surface area contributed by atoms with Gasteiger partial charge < -0.3 is 10.4 Å². The van der Waals surface area contributed by atoms with Gasteiger partial charge in [-0.25, -0.2) is 4.68 Å². The van der Waals surface area contributed by atoms with E-state index in [1.807, 2.05) is 20.8 Å². The van der Waals surface area contributed by atoms with E-state index in [2.05, 4.69) is 10.4 Å². The first-order valence-electron chi connectivity index (χ1n) is 7.40. The van der Waals surface area contributed by atoms with Crippen LogP contribution in [0.4, 0.5) is 0 Å². The summed E-state index contributed by atoms with van der Waals surface area (Å²) in [7, 11) is 0. The fourth-order valence-corrected chi connectivity index (χ4v) is 1.91. The van der Waals surface area contributed by atoms with Crippen LogP contribution in [0.15, 0.2) is 16.9 Å². The predicted molar refractivity (Wildman–Crippen MR) is 81.2 cm³/mol. The first-order chi connectivity index (χ1) is 9.81. The summed E-state index contributed by atoms with van der Waals surface area (Å²) in [6, 6.07) is 2.74. The summed E-state index contributed by atoms with van der Waals surface area (Å²) in [5, 5.41) is 17.0. The molecule has 0 fully saturated rings. The number of nitrogens with one attached hydrogen (secondary N) is 1. The third-order valence-electron chi connectivity index (χ3n) is 3.82. The highest BCUT2D eigenvalue weighted by atomic mass is 16.3. The highest BCUT2D eigenvalue weighted by Gasteiger charge is 2.27. The van der Waals surface area contributed by atoms with Crippen LogP contribution in [0.3, 0.4) is 0 Å². The van der Waals surface area contributed by atoms with E-state index >= 15 is 0 Å². The summed E-state index contributed by atoms with van der Waals surface area (Å²) < 4.78 is 1.28. The van der Waals surface area contributed by atoms with E-state index in [-0.39, 0.29) is 29.6 Å². The number of aromatic nitrogens is 2. The molecular formula is C15H25N3O3. The van der Waals surface area contributed by atoms with E-state index < -0.39 is 5.60 Å². The molecule has 118 valence electrons. The molecule has 0 spiro atoms. The summed E-state index contributed by atoms with van der Waals surface area (Å²) in [5.41, 5.74) is -1.01. The highest BCUT2D eigenvalue weighted by molar-refractivity contribution is 5.92. The van der Waals surface area contributed by atoms with Crippen LogP contribution in [0.1, 0.15) is 51.0 Å². The molecule has 0 aliphatic heterocycles. The Labute approximate surface area is 125 Å². The molecule has 2 N–H and O–H groups in total. The molecule has 2 unspecified atom stereocenters. The SMILES string of the molecule is CCCn1nc(C(=O)NCC(C)(O)C(C)CC)ccc1=O. The topological polar surface area (TPSA) is 84.2 Å². The van der Waals surface area contributed by atoms with Crippen molar-refractivity contribution < 1.29 is 9.90 Å². The molecule has 0 saturated heterocycles. The van der Waals surface area contributed by atoms with Gasteiger partial charge in [0.15, 0.2) is 0 Å². The van der Waals surface area contributed by atoms with E-state index in [0.29, 0.717) is 6.54 Å². The highest BCUT2D eigenvalue weighted by Crippen LogP contribution is 2.18. The minimum absolute atomic E-state index is 0.0693. The second-order valence-electron chi connectivity index (χ2n) is 5.63. The van der Waals surface area contributed by atoms with Gasteiger partial charge in [0.05, 0.1) is 5.60 Å². The van der Waals surface area contributed by atoms with Crippen LogP contribution in [0.25, 0.3) is 0 Å². The van der Waals surface area contributed by atoms with Crippen molar-refractivity contribution in [1.82, 2.24) is 15.1 Å². The van der Waals surface area contributed by atoms with Crippen molar-refractivity contribution in [3.05, 3.63) is 28.2 Å². The van der Waals surface area contributed by atoms with Crippen molar-refractivity contribution in [2.45, 2.75) is 52.7 Å². The summed E-state index contributed by atoms with van der Waals surface area (Å²) in [6.45, 7) is 8.19. The minimum atomic E-state index is -0.970.